The van der Waals surface area contributed by atoms with E-state index in [1.54, 1.807) is 7.11 Å². The maximum absolute atomic E-state index is 13.5. The summed E-state index contributed by atoms with van der Waals surface area (Å²) in [6, 6.07) is 36.5. The van der Waals surface area contributed by atoms with Crippen LogP contribution in [-0.2, 0) is 0 Å². The number of aromatic nitrogens is 4. The standard InChI is InChI=1S/C46H34N4O4/c1-26(2)54-46-43(44(51)45(46)52)42-37-24-22-33(49-37)39(27-10-6-4-7-11-27)31-18-20-35(47-31)41(29-14-16-30(53-3)17-15-29)36-21-19-32(48-36)40(28-12-8-5-9-13-28)34-23-25-38(42)50-34/h4-26,47-48H,1-3H3. The average Bonchev–Trinajstić information content (AvgIpc) is 4.04. The molecule has 7 aromatic rings. The number of H-pyrrole nitrogens is 2. The zero-order chi connectivity index (χ0) is 36.9. The minimum atomic E-state index is -0.647. The molecule has 5 heterocycles. The third-order valence-electron chi connectivity index (χ3n) is 9.73. The van der Waals surface area contributed by atoms with Crippen LogP contribution in [-0.4, -0.2) is 33.1 Å². The van der Waals surface area contributed by atoms with Crippen LogP contribution in [0.2, 0.25) is 0 Å². The molecule has 8 heteroatoms. The average molecular weight is 707 g/mol. The zero-order valence-electron chi connectivity index (χ0n) is 29.8. The first kappa shape index (κ1) is 32.8. The van der Waals surface area contributed by atoms with Gasteiger partial charge in [-0.05, 0) is 91.2 Å². The van der Waals surface area contributed by atoms with Crippen LogP contribution < -0.4 is 20.3 Å². The first-order valence-corrected chi connectivity index (χ1v) is 17.8. The van der Waals surface area contributed by atoms with Gasteiger partial charge in [0, 0.05) is 44.3 Å². The van der Waals surface area contributed by atoms with Crippen LogP contribution >= 0.6 is 0 Å². The lowest BCUT2D eigenvalue weighted by molar-refractivity contribution is 0.238. The van der Waals surface area contributed by atoms with Crippen LogP contribution in [0.4, 0.5) is 0 Å². The van der Waals surface area contributed by atoms with Crippen molar-refractivity contribution in [1.82, 2.24) is 19.9 Å². The number of benzene rings is 3. The largest absolute Gasteiger partial charge is 0.497 e. The molecule has 0 saturated heterocycles. The summed E-state index contributed by atoms with van der Waals surface area (Å²) in [5.74, 6) is 0.808. The van der Waals surface area contributed by atoms with Gasteiger partial charge in [0.2, 0.25) is 5.43 Å². The van der Waals surface area contributed by atoms with E-state index in [1.165, 1.54) is 0 Å². The Morgan fingerprint density at radius 1 is 0.481 bits per heavy atom. The van der Waals surface area contributed by atoms with Crippen LogP contribution in [0.5, 0.6) is 11.5 Å². The van der Waals surface area contributed by atoms with E-state index in [2.05, 4.69) is 70.6 Å². The van der Waals surface area contributed by atoms with E-state index in [0.717, 1.165) is 61.2 Å². The minimum absolute atomic E-state index is 0.0395. The Balaban J connectivity index is 1.47. The van der Waals surface area contributed by atoms with Gasteiger partial charge in [-0.15, -0.1) is 0 Å². The Bertz CT molecular complexity index is 2750. The van der Waals surface area contributed by atoms with E-state index in [9.17, 15) is 9.59 Å². The minimum Gasteiger partial charge on any atom is -0.497 e. The van der Waals surface area contributed by atoms with Gasteiger partial charge in [-0.2, -0.15) is 0 Å². The molecule has 2 N–H and O–H groups in total. The van der Waals surface area contributed by atoms with Gasteiger partial charge in [0.15, 0.2) is 5.75 Å². The second-order valence-electron chi connectivity index (χ2n) is 13.5. The normalized spacial score (nSPS) is 12.1. The lowest BCUT2D eigenvalue weighted by atomic mass is 9.97. The van der Waals surface area contributed by atoms with Crippen LogP contribution in [0.25, 0.3) is 90.9 Å². The Labute approximate surface area is 310 Å². The van der Waals surface area contributed by atoms with Gasteiger partial charge in [0.05, 0.1) is 41.6 Å². The number of fused-ring (bicyclic) bond motifs is 8. The van der Waals surface area contributed by atoms with Gasteiger partial charge in [-0.3, -0.25) is 9.59 Å². The summed E-state index contributed by atoms with van der Waals surface area (Å²) < 4.78 is 11.5. The van der Waals surface area contributed by atoms with Crippen molar-refractivity contribution in [1.29, 1.82) is 0 Å². The number of aromatic amines is 2. The van der Waals surface area contributed by atoms with Crippen molar-refractivity contribution in [3.8, 4) is 56.0 Å². The quantitative estimate of drug-likeness (QED) is 0.160. The van der Waals surface area contributed by atoms with Crippen molar-refractivity contribution < 1.29 is 9.47 Å². The molecule has 0 unspecified atom stereocenters. The first-order chi connectivity index (χ1) is 26.4. The van der Waals surface area contributed by atoms with E-state index < -0.39 is 10.9 Å². The van der Waals surface area contributed by atoms with Crippen LogP contribution in [0.1, 0.15) is 36.6 Å². The highest BCUT2D eigenvalue weighted by Gasteiger charge is 2.30. The maximum Gasteiger partial charge on any atom is 0.268 e. The Hall–Kier alpha value is -7.06. The molecule has 9 rings (SSSR count). The third-order valence-corrected chi connectivity index (χ3v) is 9.73. The summed E-state index contributed by atoms with van der Waals surface area (Å²) in [4.78, 5) is 44.3. The molecule has 0 radical (unpaired) electrons. The number of hydrogen-bond donors (Lipinski definition) is 2. The van der Waals surface area contributed by atoms with Crippen molar-refractivity contribution in [2.24, 2.45) is 0 Å². The van der Waals surface area contributed by atoms with E-state index >= 15 is 0 Å². The molecule has 4 aromatic carbocycles. The first-order valence-electron chi connectivity index (χ1n) is 17.8. The van der Waals surface area contributed by atoms with Crippen LogP contribution in [0, 0.1) is 0 Å². The molecule has 3 aromatic heterocycles. The lowest BCUT2D eigenvalue weighted by Crippen LogP contribution is -2.36. The Morgan fingerprint density at radius 3 is 1.35 bits per heavy atom. The molecule has 262 valence electrons. The summed E-state index contributed by atoms with van der Waals surface area (Å²) in [6.45, 7) is 3.66. The van der Waals surface area contributed by atoms with Gasteiger partial charge < -0.3 is 19.4 Å². The van der Waals surface area contributed by atoms with Crippen molar-refractivity contribution in [2.75, 3.05) is 7.11 Å². The molecule has 2 aliphatic heterocycles. The Kier molecular flexibility index (Phi) is 8.00. The molecule has 8 nitrogen and oxygen atoms in total. The van der Waals surface area contributed by atoms with E-state index in [4.69, 9.17) is 19.4 Å². The molecule has 0 aliphatic carbocycles. The molecule has 0 fully saturated rings. The number of hydrogen-bond acceptors (Lipinski definition) is 6. The van der Waals surface area contributed by atoms with Crippen molar-refractivity contribution in [3.05, 3.63) is 152 Å². The predicted octanol–water partition coefficient (Wildman–Crippen LogP) is 9.72. The fourth-order valence-electron chi connectivity index (χ4n) is 7.29. The molecule has 0 spiro atoms. The van der Waals surface area contributed by atoms with E-state index in [1.807, 2.05) is 86.7 Å². The second kappa shape index (κ2) is 13.2. The molecular weight excluding hydrogens is 673 g/mol. The molecule has 8 bridgehead atoms. The van der Waals surface area contributed by atoms with E-state index in [0.29, 0.717) is 28.3 Å². The van der Waals surface area contributed by atoms with E-state index in [-0.39, 0.29) is 17.4 Å². The summed E-state index contributed by atoms with van der Waals surface area (Å²) >= 11 is 0. The lowest BCUT2D eigenvalue weighted by Gasteiger charge is -2.16. The molecule has 0 saturated carbocycles. The third kappa shape index (κ3) is 5.56. The van der Waals surface area contributed by atoms with Gasteiger partial charge in [0.25, 0.3) is 5.43 Å². The number of rotatable bonds is 7. The van der Waals surface area contributed by atoms with Gasteiger partial charge >= 0.3 is 0 Å². The molecule has 54 heavy (non-hydrogen) atoms. The van der Waals surface area contributed by atoms with Crippen molar-refractivity contribution in [2.45, 2.75) is 20.0 Å². The molecule has 0 amide bonds. The fraction of sp³-hybridized carbons (Fsp3) is 0.0870. The topological polar surface area (TPSA) is 110 Å². The van der Waals surface area contributed by atoms with Crippen LogP contribution in [0.3, 0.4) is 0 Å². The molecule has 2 aliphatic rings. The van der Waals surface area contributed by atoms with Gasteiger partial charge in [-0.25, -0.2) is 9.97 Å². The summed E-state index contributed by atoms with van der Waals surface area (Å²) in [5.41, 5.74) is 10.9. The number of ether oxygens (including phenoxy) is 2. The molecular formula is C46H34N4O4. The summed E-state index contributed by atoms with van der Waals surface area (Å²) in [7, 11) is 1.66. The highest BCUT2D eigenvalue weighted by molar-refractivity contribution is 6.00. The summed E-state index contributed by atoms with van der Waals surface area (Å²) in [5, 5.41) is 0. The SMILES string of the molecule is COc1ccc(-c2c3ccc([nH]3)c(-c3ccccc3)c3nc(c(-c4c(OC(C)C)c(=O)c4=O)c4nc(c(-c5ccccc5)c5ccc2[nH]5)C=C4)C=C3)cc1. The number of nitrogens with one attached hydrogen (secondary N) is 2. The predicted molar refractivity (Wildman–Crippen MR) is 218 cm³/mol. The number of methoxy groups -OCH3 is 1. The second-order valence-corrected chi connectivity index (χ2v) is 13.5. The fourth-order valence-corrected chi connectivity index (χ4v) is 7.29. The Morgan fingerprint density at radius 2 is 0.907 bits per heavy atom. The van der Waals surface area contributed by atoms with Gasteiger partial charge in [-0.1, -0.05) is 72.8 Å². The monoisotopic (exact) mass is 706 g/mol. The zero-order valence-corrected chi connectivity index (χ0v) is 29.8. The molecule has 0 atom stereocenters. The smallest absolute Gasteiger partial charge is 0.268 e. The highest BCUT2D eigenvalue weighted by Crippen LogP contribution is 2.39. The highest BCUT2D eigenvalue weighted by atomic mass is 16.5. The van der Waals surface area contributed by atoms with Crippen LogP contribution in [0.15, 0.2) is 119 Å². The summed E-state index contributed by atoms with van der Waals surface area (Å²) in [6.07, 6.45) is 7.34. The van der Waals surface area contributed by atoms with Crippen molar-refractivity contribution >= 4 is 46.4 Å². The van der Waals surface area contributed by atoms with Crippen molar-refractivity contribution in [3.63, 3.8) is 0 Å². The number of nitrogens with zero attached hydrogens (tertiary/aromatic N) is 2. The van der Waals surface area contributed by atoms with Gasteiger partial charge in [0.1, 0.15) is 5.75 Å². The maximum atomic E-state index is 13.5.